The van der Waals surface area contributed by atoms with Crippen molar-refractivity contribution < 1.29 is 9.18 Å². The molecule has 0 saturated carbocycles. The van der Waals surface area contributed by atoms with Gasteiger partial charge in [0.1, 0.15) is 5.82 Å². The SMILES string of the molecule is O=C(Cc1ccccc1)c1ccccc1/N=C/c1ccccc1F. The molecule has 0 aliphatic heterocycles. The van der Waals surface area contributed by atoms with E-state index in [0.717, 1.165) is 5.56 Å². The predicted molar refractivity (Wildman–Crippen MR) is 94.6 cm³/mol. The Morgan fingerprint density at radius 3 is 2.33 bits per heavy atom. The van der Waals surface area contributed by atoms with Gasteiger partial charge < -0.3 is 0 Å². The first-order valence-electron chi connectivity index (χ1n) is 7.69. The summed E-state index contributed by atoms with van der Waals surface area (Å²) in [5.74, 6) is -0.350. The van der Waals surface area contributed by atoms with Crippen LogP contribution in [0.4, 0.5) is 10.1 Å². The maximum Gasteiger partial charge on any atom is 0.169 e. The van der Waals surface area contributed by atoms with Gasteiger partial charge in [0.2, 0.25) is 0 Å². The minimum atomic E-state index is -0.339. The van der Waals surface area contributed by atoms with Crippen LogP contribution >= 0.6 is 0 Å². The zero-order chi connectivity index (χ0) is 16.8. The second kappa shape index (κ2) is 7.47. The van der Waals surface area contributed by atoms with Crippen LogP contribution in [0.1, 0.15) is 21.5 Å². The molecule has 0 aliphatic rings. The fourth-order valence-electron chi connectivity index (χ4n) is 2.42. The van der Waals surface area contributed by atoms with Crippen molar-refractivity contribution in [3.63, 3.8) is 0 Å². The van der Waals surface area contributed by atoms with Gasteiger partial charge in [-0.05, 0) is 23.8 Å². The summed E-state index contributed by atoms with van der Waals surface area (Å²) >= 11 is 0. The third-order valence-electron chi connectivity index (χ3n) is 3.66. The lowest BCUT2D eigenvalue weighted by Crippen LogP contribution is -2.03. The van der Waals surface area contributed by atoms with Crippen molar-refractivity contribution in [3.05, 3.63) is 101 Å². The quantitative estimate of drug-likeness (QED) is 0.481. The Labute approximate surface area is 140 Å². The van der Waals surface area contributed by atoms with Gasteiger partial charge in [0.05, 0.1) is 5.69 Å². The minimum Gasteiger partial charge on any atom is -0.294 e. The molecule has 0 N–H and O–H groups in total. The molecule has 0 amide bonds. The first kappa shape index (κ1) is 15.8. The molecule has 3 rings (SSSR count). The van der Waals surface area contributed by atoms with Crippen molar-refractivity contribution in [2.45, 2.75) is 6.42 Å². The zero-order valence-electron chi connectivity index (χ0n) is 13.0. The highest BCUT2D eigenvalue weighted by atomic mass is 19.1. The maximum absolute atomic E-state index is 13.7. The molecular formula is C21H16FNO. The monoisotopic (exact) mass is 317 g/mol. The van der Waals surface area contributed by atoms with E-state index in [9.17, 15) is 9.18 Å². The largest absolute Gasteiger partial charge is 0.294 e. The lowest BCUT2D eigenvalue weighted by Gasteiger charge is -2.05. The van der Waals surface area contributed by atoms with Gasteiger partial charge in [0, 0.05) is 23.8 Å². The molecule has 0 unspecified atom stereocenters. The van der Waals surface area contributed by atoms with Crippen molar-refractivity contribution in [2.75, 3.05) is 0 Å². The first-order chi connectivity index (χ1) is 11.7. The van der Waals surface area contributed by atoms with Crippen LogP contribution in [0.5, 0.6) is 0 Å². The van der Waals surface area contributed by atoms with Gasteiger partial charge in [-0.15, -0.1) is 0 Å². The number of halogens is 1. The Morgan fingerprint density at radius 1 is 0.875 bits per heavy atom. The summed E-state index contributed by atoms with van der Waals surface area (Å²) in [6.45, 7) is 0. The van der Waals surface area contributed by atoms with Crippen molar-refractivity contribution in [3.8, 4) is 0 Å². The van der Waals surface area contributed by atoms with E-state index in [1.807, 2.05) is 36.4 Å². The summed E-state index contributed by atoms with van der Waals surface area (Å²) in [5.41, 5.74) is 2.42. The molecule has 0 spiro atoms. The minimum absolute atomic E-state index is 0.0116. The first-order valence-corrected chi connectivity index (χ1v) is 7.69. The predicted octanol–water partition coefficient (Wildman–Crippen LogP) is 5.00. The van der Waals surface area contributed by atoms with Crippen molar-refractivity contribution in [1.29, 1.82) is 0 Å². The van der Waals surface area contributed by atoms with Crippen LogP contribution in [0.3, 0.4) is 0 Å². The molecule has 0 aliphatic carbocycles. The summed E-state index contributed by atoms with van der Waals surface area (Å²) in [5, 5.41) is 0. The summed E-state index contributed by atoms with van der Waals surface area (Å²) in [6, 6.07) is 23.1. The second-order valence-electron chi connectivity index (χ2n) is 5.38. The van der Waals surface area contributed by atoms with Gasteiger partial charge >= 0.3 is 0 Å². The Balaban J connectivity index is 1.85. The van der Waals surface area contributed by atoms with Gasteiger partial charge in [-0.1, -0.05) is 60.7 Å². The van der Waals surface area contributed by atoms with Gasteiger partial charge in [-0.25, -0.2) is 4.39 Å². The molecule has 3 aromatic rings. The molecule has 0 heterocycles. The average molecular weight is 317 g/mol. The molecule has 0 radical (unpaired) electrons. The second-order valence-corrected chi connectivity index (χ2v) is 5.38. The molecule has 3 aromatic carbocycles. The van der Waals surface area contributed by atoms with Crippen molar-refractivity contribution in [2.24, 2.45) is 4.99 Å². The summed E-state index contributed by atoms with van der Waals surface area (Å²) in [7, 11) is 0. The normalized spacial score (nSPS) is 10.9. The highest BCUT2D eigenvalue weighted by molar-refractivity contribution is 6.02. The van der Waals surface area contributed by atoms with Crippen molar-refractivity contribution >= 4 is 17.7 Å². The smallest absolute Gasteiger partial charge is 0.169 e. The molecule has 24 heavy (non-hydrogen) atoms. The van der Waals surface area contributed by atoms with E-state index in [4.69, 9.17) is 0 Å². The summed E-state index contributed by atoms with van der Waals surface area (Å²) in [6.07, 6.45) is 1.76. The van der Waals surface area contributed by atoms with Gasteiger partial charge in [-0.2, -0.15) is 0 Å². The van der Waals surface area contributed by atoms with Gasteiger partial charge in [-0.3, -0.25) is 9.79 Å². The van der Waals surface area contributed by atoms with Crippen LogP contribution in [0, 0.1) is 5.82 Å². The number of hydrogen-bond donors (Lipinski definition) is 0. The zero-order valence-corrected chi connectivity index (χ0v) is 13.0. The Kier molecular flexibility index (Phi) is 4.92. The summed E-state index contributed by atoms with van der Waals surface area (Å²) in [4.78, 5) is 16.9. The molecule has 118 valence electrons. The van der Waals surface area contributed by atoms with Gasteiger partial charge in [0.25, 0.3) is 0 Å². The Hall–Kier alpha value is -3.07. The number of para-hydroxylation sites is 1. The third-order valence-corrected chi connectivity index (χ3v) is 3.66. The van der Waals surface area contributed by atoms with E-state index < -0.39 is 0 Å². The molecule has 2 nitrogen and oxygen atoms in total. The topological polar surface area (TPSA) is 29.4 Å². The number of nitrogens with zero attached hydrogens (tertiary/aromatic N) is 1. The van der Waals surface area contributed by atoms with E-state index in [1.54, 1.807) is 36.4 Å². The number of rotatable bonds is 5. The molecule has 0 atom stereocenters. The number of carbonyl (C=O) groups excluding carboxylic acids is 1. The van der Waals surface area contributed by atoms with Crippen molar-refractivity contribution in [1.82, 2.24) is 0 Å². The maximum atomic E-state index is 13.7. The molecule has 3 heteroatoms. The number of Topliss-reactive ketones (excluding diaryl/α,β-unsaturated/α-hetero) is 1. The van der Waals surface area contributed by atoms with E-state index >= 15 is 0 Å². The molecule has 0 bridgehead atoms. The van der Waals surface area contributed by atoms with Crippen LogP contribution in [0.25, 0.3) is 0 Å². The fraction of sp³-hybridized carbons (Fsp3) is 0.0476. The van der Waals surface area contributed by atoms with E-state index in [2.05, 4.69) is 4.99 Å². The summed E-state index contributed by atoms with van der Waals surface area (Å²) < 4.78 is 13.7. The van der Waals surface area contributed by atoms with E-state index in [1.165, 1.54) is 12.3 Å². The fourth-order valence-corrected chi connectivity index (χ4v) is 2.42. The lowest BCUT2D eigenvalue weighted by molar-refractivity contribution is 0.0993. The van der Waals surface area contributed by atoms with Gasteiger partial charge in [0.15, 0.2) is 5.78 Å². The number of hydrogen-bond acceptors (Lipinski definition) is 2. The number of ketones is 1. The van der Waals surface area contributed by atoms with E-state index in [-0.39, 0.29) is 11.6 Å². The third kappa shape index (κ3) is 3.82. The molecule has 0 fully saturated rings. The highest BCUT2D eigenvalue weighted by Crippen LogP contribution is 2.21. The average Bonchev–Trinajstić information content (AvgIpc) is 2.62. The number of benzene rings is 3. The standard InChI is InChI=1S/C21H16FNO/c22-19-12-6-4-10-17(19)15-23-20-13-7-5-11-18(20)21(24)14-16-8-2-1-3-9-16/h1-13,15H,14H2/b23-15+. The highest BCUT2D eigenvalue weighted by Gasteiger charge is 2.11. The molecular weight excluding hydrogens is 301 g/mol. The van der Waals surface area contributed by atoms with E-state index in [0.29, 0.717) is 23.2 Å². The Morgan fingerprint density at radius 2 is 1.54 bits per heavy atom. The number of aliphatic imine (C=N–C) groups is 1. The number of carbonyl (C=O) groups is 1. The van der Waals surface area contributed by atoms with Crippen LogP contribution in [-0.4, -0.2) is 12.0 Å². The van der Waals surface area contributed by atoms with Crippen LogP contribution in [0.2, 0.25) is 0 Å². The molecule has 0 saturated heterocycles. The Bertz CT molecular complexity index is 872. The lowest BCUT2D eigenvalue weighted by atomic mass is 10.0. The van der Waals surface area contributed by atoms with Crippen LogP contribution in [0.15, 0.2) is 83.9 Å². The molecule has 0 aromatic heterocycles. The van der Waals surface area contributed by atoms with Crippen LogP contribution in [-0.2, 0) is 6.42 Å². The van der Waals surface area contributed by atoms with Crippen LogP contribution < -0.4 is 0 Å².